The van der Waals surface area contributed by atoms with Gasteiger partial charge < -0.3 is 10.6 Å². The molecule has 0 atom stereocenters. The molecule has 0 fully saturated rings. The molecule has 20 heavy (non-hydrogen) atoms. The number of nitrogens with zero attached hydrogens (tertiary/aromatic N) is 2. The second-order valence-electron chi connectivity index (χ2n) is 4.26. The SMILES string of the molecule is I.N#Cc1ccccc1CSCCNC1=NCCCN1. The summed E-state index contributed by atoms with van der Waals surface area (Å²) in [5.74, 6) is 2.80. The Morgan fingerprint density at radius 3 is 3.00 bits per heavy atom. The Balaban J connectivity index is 0.00000200. The number of nitriles is 1. The van der Waals surface area contributed by atoms with Crippen LogP contribution in [0.25, 0.3) is 0 Å². The number of hydrogen-bond donors (Lipinski definition) is 2. The highest BCUT2D eigenvalue weighted by Crippen LogP contribution is 2.15. The van der Waals surface area contributed by atoms with Gasteiger partial charge in [0.1, 0.15) is 0 Å². The smallest absolute Gasteiger partial charge is 0.191 e. The van der Waals surface area contributed by atoms with Crippen LogP contribution >= 0.6 is 35.7 Å². The molecule has 0 saturated carbocycles. The van der Waals surface area contributed by atoms with Crippen LogP contribution in [-0.4, -0.2) is 31.3 Å². The molecular formula is C14H19IN4S. The molecule has 0 unspecified atom stereocenters. The topological polar surface area (TPSA) is 60.2 Å². The first kappa shape index (κ1) is 17.1. The number of rotatable bonds is 5. The number of thioether (sulfide) groups is 1. The summed E-state index contributed by atoms with van der Waals surface area (Å²) < 4.78 is 0. The van der Waals surface area contributed by atoms with Crippen molar-refractivity contribution in [3.8, 4) is 6.07 Å². The predicted molar refractivity (Wildman–Crippen MR) is 95.7 cm³/mol. The summed E-state index contributed by atoms with van der Waals surface area (Å²) >= 11 is 1.83. The van der Waals surface area contributed by atoms with E-state index >= 15 is 0 Å². The van der Waals surface area contributed by atoms with Crippen molar-refractivity contribution in [3.05, 3.63) is 35.4 Å². The minimum Gasteiger partial charge on any atom is -0.356 e. The van der Waals surface area contributed by atoms with E-state index in [0.29, 0.717) is 0 Å². The summed E-state index contributed by atoms with van der Waals surface area (Å²) in [6.07, 6.45) is 1.12. The lowest BCUT2D eigenvalue weighted by atomic mass is 10.1. The third-order valence-corrected chi connectivity index (χ3v) is 3.84. The number of hydrogen-bond acceptors (Lipinski definition) is 5. The summed E-state index contributed by atoms with van der Waals surface area (Å²) in [6.45, 7) is 2.82. The van der Waals surface area contributed by atoms with E-state index in [0.717, 1.165) is 54.6 Å². The zero-order valence-corrected chi connectivity index (χ0v) is 14.4. The first-order chi connectivity index (χ1) is 9.40. The highest BCUT2D eigenvalue weighted by atomic mass is 127. The number of aliphatic imine (C=N–C) groups is 1. The van der Waals surface area contributed by atoms with E-state index in [2.05, 4.69) is 21.7 Å². The molecule has 0 spiro atoms. The molecule has 1 aromatic rings. The van der Waals surface area contributed by atoms with Crippen molar-refractivity contribution < 1.29 is 0 Å². The lowest BCUT2D eigenvalue weighted by Crippen LogP contribution is -2.41. The van der Waals surface area contributed by atoms with Gasteiger partial charge in [-0.15, -0.1) is 24.0 Å². The van der Waals surface area contributed by atoms with Gasteiger partial charge in [0, 0.05) is 31.1 Å². The molecule has 4 nitrogen and oxygen atoms in total. The fraction of sp³-hybridized carbons (Fsp3) is 0.429. The maximum Gasteiger partial charge on any atom is 0.191 e. The summed E-state index contributed by atoms with van der Waals surface area (Å²) in [6, 6.07) is 10.0. The van der Waals surface area contributed by atoms with Crippen LogP contribution in [0.3, 0.4) is 0 Å². The van der Waals surface area contributed by atoms with E-state index in [9.17, 15) is 0 Å². The third kappa shape index (κ3) is 5.59. The van der Waals surface area contributed by atoms with E-state index in [1.165, 1.54) is 0 Å². The van der Waals surface area contributed by atoms with Crippen LogP contribution in [0.4, 0.5) is 0 Å². The van der Waals surface area contributed by atoms with E-state index in [-0.39, 0.29) is 24.0 Å². The summed E-state index contributed by atoms with van der Waals surface area (Å²) in [7, 11) is 0. The fourth-order valence-electron chi connectivity index (χ4n) is 1.83. The zero-order chi connectivity index (χ0) is 13.3. The van der Waals surface area contributed by atoms with Crippen molar-refractivity contribution in [1.82, 2.24) is 10.6 Å². The van der Waals surface area contributed by atoms with Crippen LogP contribution in [0.15, 0.2) is 29.3 Å². The lowest BCUT2D eigenvalue weighted by Gasteiger charge is -2.15. The van der Waals surface area contributed by atoms with Gasteiger partial charge in [0.2, 0.25) is 0 Å². The summed E-state index contributed by atoms with van der Waals surface area (Å²) in [4.78, 5) is 4.35. The average molecular weight is 402 g/mol. The fourth-order valence-corrected chi connectivity index (χ4v) is 2.69. The van der Waals surface area contributed by atoms with Gasteiger partial charge in [-0.25, -0.2) is 0 Å². The van der Waals surface area contributed by atoms with E-state index in [1.807, 2.05) is 36.0 Å². The molecule has 1 aliphatic heterocycles. The molecule has 2 N–H and O–H groups in total. The zero-order valence-electron chi connectivity index (χ0n) is 11.3. The van der Waals surface area contributed by atoms with Crippen molar-refractivity contribution >= 4 is 41.7 Å². The number of benzene rings is 1. The van der Waals surface area contributed by atoms with Crippen molar-refractivity contribution in [2.24, 2.45) is 4.99 Å². The Morgan fingerprint density at radius 2 is 2.25 bits per heavy atom. The molecule has 1 heterocycles. The van der Waals surface area contributed by atoms with Crippen molar-refractivity contribution in [3.63, 3.8) is 0 Å². The van der Waals surface area contributed by atoms with Crippen LogP contribution in [0.2, 0.25) is 0 Å². The maximum absolute atomic E-state index is 9.00. The minimum atomic E-state index is 0. The predicted octanol–water partition coefficient (Wildman–Crippen LogP) is 2.35. The molecule has 108 valence electrons. The van der Waals surface area contributed by atoms with Gasteiger partial charge in [-0.05, 0) is 18.1 Å². The summed E-state index contributed by atoms with van der Waals surface area (Å²) in [5, 5.41) is 15.5. The Kier molecular flexibility index (Phi) is 8.46. The molecule has 1 aromatic carbocycles. The summed E-state index contributed by atoms with van der Waals surface area (Å²) in [5.41, 5.74) is 1.89. The molecule has 0 aromatic heterocycles. The van der Waals surface area contributed by atoms with Gasteiger partial charge in [-0.3, -0.25) is 4.99 Å². The molecule has 0 bridgehead atoms. The molecular weight excluding hydrogens is 383 g/mol. The second-order valence-corrected chi connectivity index (χ2v) is 5.36. The number of nitrogens with one attached hydrogen (secondary N) is 2. The van der Waals surface area contributed by atoms with Crippen LogP contribution in [0.1, 0.15) is 17.5 Å². The van der Waals surface area contributed by atoms with Crippen LogP contribution in [0.5, 0.6) is 0 Å². The van der Waals surface area contributed by atoms with Gasteiger partial charge in [0.15, 0.2) is 5.96 Å². The average Bonchev–Trinajstić information content (AvgIpc) is 2.48. The van der Waals surface area contributed by atoms with E-state index < -0.39 is 0 Å². The Labute approximate surface area is 141 Å². The highest BCUT2D eigenvalue weighted by molar-refractivity contribution is 14.0. The molecule has 2 rings (SSSR count). The van der Waals surface area contributed by atoms with Crippen LogP contribution in [0, 0.1) is 11.3 Å². The van der Waals surface area contributed by atoms with Gasteiger partial charge in [0.05, 0.1) is 11.6 Å². The van der Waals surface area contributed by atoms with Crippen molar-refractivity contribution in [2.75, 3.05) is 25.4 Å². The van der Waals surface area contributed by atoms with E-state index in [4.69, 9.17) is 5.26 Å². The van der Waals surface area contributed by atoms with Crippen molar-refractivity contribution in [2.45, 2.75) is 12.2 Å². The monoisotopic (exact) mass is 402 g/mol. The minimum absolute atomic E-state index is 0. The highest BCUT2D eigenvalue weighted by Gasteiger charge is 2.03. The molecule has 0 radical (unpaired) electrons. The molecule has 0 aliphatic carbocycles. The lowest BCUT2D eigenvalue weighted by molar-refractivity contribution is 0.709. The molecule has 0 amide bonds. The number of halogens is 1. The standard InChI is InChI=1S/C14H18N4S.HI/c15-10-12-4-1-2-5-13(12)11-19-9-8-18-14-16-6-3-7-17-14;/h1-2,4-5H,3,6-9,11H2,(H2,16,17,18);1H. The van der Waals surface area contributed by atoms with Gasteiger partial charge in [-0.2, -0.15) is 17.0 Å². The van der Waals surface area contributed by atoms with Gasteiger partial charge in [0.25, 0.3) is 0 Å². The maximum atomic E-state index is 9.00. The Hall–Kier alpha value is -0.940. The molecule has 1 aliphatic rings. The van der Waals surface area contributed by atoms with Gasteiger partial charge in [-0.1, -0.05) is 18.2 Å². The van der Waals surface area contributed by atoms with Gasteiger partial charge >= 0.3 is 0 Å². The quantitative estimate of drug-likeness (QED) is 0.587. The normalized spacial score (nSPS) is 13.4. The number of guanidine groups is 1. The van der Waals surface area contributed by atoms with Crippen LogP contribution < -0.4 is 10.6 Å². The van der Waals surface area contributed by atoms with Crippen LogP contribution in [-0.2, 0) is 5.75 Å². The Morgan fingerprint density at radius 1 is 1.40 bits per heavy atom. The third-order valence-electron chi connectivity index (χ3n) is 2.83. The second kappa shape index (κ2) is 9.88. The first-order valence-corrected chi connectivity index (χ1v) is 7.63. The van der Waals surface area contributed by atoms with E-state index in [1.54, 1.807) is 0 Å². The largest absolute Gasteiger partial charge is 0.356 e. The molecule has 0 saturated heterocycles. The first-order valence-electron chi connectivity index (χ1n) is 6.48. The van der Waals surface area contributed by atoms with Crippen molar-refractivity contribution in [1.29, 1.82) is 5.26 Å². The Bertz CT molecular complexity index is 484. The molecule has 6 heteroatoms.